The first-order chi connectivity index (χ1) is 7.00. The van der Waals surface area contributed by atoms with Crippen molar-refractivity contribution in [2.45, 2.75) is 13.8 Å². The van der Waals surface area contributed by atoms with Gasteiger partial charge in [0.15, 0.2) is 0 Å². The van der Waals surface area contributed by atoms with Gasteiger partial charge in [-0.05, 0) is 26.0 Å². The minimum Gasteiger partial charge on any atom is -0.392 e. The van der Waals surface area contributed by atoms with Crippen molar-refractivity contribution in [3.05, 3.63) is 29.1 Å². The number of hydrogen-bond donors (Lipinski definition) is 2. The van der Waals surface area contributed by atoms with Gasteiger partial charge in [0, 0.05) is 5.69 Å². The van der Waals surface area contributed by atoms with E-state index in [0.29, 0.717) is 11.3 Å². The lowest BCUT2D eigenvalue weighted by Gasteiger charge is -2.06. The molecule has 1 aromatic heterocycles. The molecule has 1 rings (SSSR count). The molecule has 0 aliphatic rings. The molecule has 15 heavy (non-hydrogen) atoms. The van der Waals surface area contributed by atoms with Crippen molar-refractivity contribution >= 4 is 23.1 Å². The lowest BCUT2D eigenvalue weighted by atomic mass is 10.2. The maximum absolute atomic E-state index is 11.6. The van der Waals surface area contributed by atoms with Crippen LogP contribution in [0.15, 0.2) is 12.1 Å². The summed E-state index contributed by atoms with van der Waals surface area (Å²) < 4.78 is 0. The van der Waals surface area contributed by atoms with Crippen molar-refractivity contribution < 1.29 is 4.79 Å². The lowest BCUT2D eigenvalue weighted by Crippen LogP contribution is -2.32. The quantitative estimate of drug-likeness (QED) is 0.741. The van der Waals surface area contributed by atoms with Gasteiger partial charge >= 0.3 is 0 Å². The fourth-order valence-electron chi connectivity index (χ4n) is 1.19. The molecule has 0 saturated heterocycles. The molecule has 0 unspecified atom stereocenters. The number of nitrogens with two attached hydrogens (primary N) is 1. The molecule has 80 valence electrons. The van der Waals surface area contributed by atoms with Gasteiger partial charge in [0.1, 0.15) is 0 Å². The number of amides is 1. The average molecular weight is 223 g/mol. The minimum atomic E-state index is -0.201. The van der Waals surface area contributed by atoms with Gasteiger partial charge in [0.25, 0.3) is 5.91 Å². The summed E-state index contributed by atoms with van der Waals surface area (Å²) in [6, 6.07) is 3.54. The van der Waals surface area contributed by atoms with Crippen molar-refractivity contribution in [1.29, 1.82) is 0 Å². The fourth-order valence-corrected chi connectivity index (χ4v) is 1.26. The Morgan fingerprint density at radius 1 is 1.53 bits per heavy atom. The molecule has 1 amide bonds. The van der Waals surface area contributed by atoms with Gasteiger partial charge < -0.3 is 11.1 Å². The third-order valence-electron chi connectivity index (χ3n) is 1.89. The largest absolute Gasteiger partial charge is 0.392 e. The molecule has 0 fully saturated rings. The van der Waals surface area contributed by atoms with Crippen LogP contribution in [0.25, 0.3) is 0 Å². The molecule has 0 saturated carbocycles. The van der Waals surface area contributed by atoms with E-state index in [1.54, 1.807) is 19.1 Å². The Morgan fingerprint density at radius 2 is 2.20 bits per heavy atom. The Kier molecular flexibility index (Phi) is 3.74. The molecule has 1 heterocycles. The van der Waals surface area contributed by atoms with Gasteiger partial charge in [0.05, 0.1) is 22.8 Å². The maximum atomic E-state index is 11.6. The van der Waals surface area contributed by atoms with E-state index in [1.807, 2.05) is 6.92 Å². The molecule has 0 aliphatic carbocycles. The van der Waals surface area contributed by atoms with Gasteiger partial charge in [-0.25, -0.2) is 0 Å². The van der Waals surface area contributed by atoms with E-state index in [0.717, 1.165) is 5.69 Å². The van der Waals surface area contributed by atoms with Gasteiger partial charge in [-0.15, -0.1) is 0 Å². The van der Waals surface area contributed by atoms with Crippen LogP contribution in [0.2, 0.25) is 0 Å². The molecule has 0 spiro atoms. The number of aryl methyl sites for hydroxylation is 2. The number of nitrogens with zero attached hydrogens (tertiary/aromatic N) is 1. The van der Waals surface area contributed by atoms with E-state index in [2.05, 4.69) is 22.5 Å². The second-order valence-electron chi connectivity index (χ2n) is 3.23. The van der Waals surface area contributed by atoms with E-state index in [1.165, 1.54) is 0 Å². The molecule has 4 nitrogen and oxygen atoms in total. The predicted molar refractivity (Wildman–Crippen MR) is 62.8 cm³/mol. The molecule has 0 atom stereocenters. The highest BCUT2D eigenvalue weighted by Gasteiger charge is 2.09. The van der Waals surface area contributed by atoms with E-state index in [-0.39, 0.29) is 17.4 Å². The molecule has 0 aliphatic heterocycles. The van der Waals surface area contributed by atoms with E-state index < -0.39 is 0 Å². The maximum Gasteiger partial charge on any atom is 0.253 e. The van der Waals surface area contributed by atoms with Gasteiger partial charge in [0.2, 0.25) is 0 Å². The Labute approximate surface area is 93.9 Å². The van der Waals surface area contributed by atoms with Crippen LogP contribution in [0.4, 0.5) is 0 Å². The standard InChI is InChI=1S/C10H13N3OS/c1-6-3-4-8(7(2)13-6)10(14)12-5-9(11)15/h3-4H,5H2,1-2H3,(H2,11,15)(H,12,14). The summed E-state index contributed by atoms with van der Waals surface area (Å²) >= 11 is 4.66. The number of rotatable bonds is 3. The van der Waals surface area contributed by atoms with Gasteiger partial charge in [-0.1, -0.05) is 12.2 Å². The van der Waals surface area contributed by atoms with Gasteiger partial charge in [-0.2, -0.15) is 0 Å². The number of nitrogens with one attached hydrogen (secondary N) is 1. The molecule has 5 heteroatoms. The number of carbonyl (C=O) groups excluding carboxylic acids is 1. The number of thiocarbonyl (C=S) groups is 1. The Bertz CT molecular complexity index is 404. The van der Waals surface area contributed by atoms with Crippen LogP contribution < -0.4 is 11.1 Å². The van der Waals surface area contributed by atoms with Crippen LogP contribution >= 0.6 is 12.2 Å². The van der Waals surface area contributed by atoms with Crippen molar-refractivity contribution in [2.75, 3.05) is 6.54 Å². The van der Waals surface area contributed by atoms with Crippen LogP contribution in [0.3, 0.4) is 0 Å². The Morgan fingerprint density at radius 3 is 2.73 bits per heavy atom. The number of carbonyl (C=O) groups is 1. The number of hydrogen-bond acceptors (Lipinski definition) is 3. The Balaban J connectivity index is 2.78. The molecular formula is C10H13N3OS. The van der Waals surface area contributed by atoms with Crippen LogP contribution in [-0.2, 0) is 0 Å². The molecule has 0 radical (unpaired) electrons. The average Bonchev–Trinajstić information content (AvgIpc) is 2.14. The minimum absolute atomic E-state index is 0.201. The Hall–Kier alpha value is -1.49. The van der Waals surface area contributed by atoms with Crippen LogP contribution in [0.5, 0.6) is 0 Å². The van der Waals surface area contributed by atoms with Gasteiger partial charge in [-0.3, -0.25) is 9.78 Å². The highest BCUT2D eigenvalue weighted by Crippen LogP contribution is 2.05. The van der Waals surface area contributed by atoms with E-state index in [9.17, 15) is 4.79 Å². The predicted octanol–water partition coefficient (Wildman–Crippen LogP) is 0.714. The third-order valence-corrected chi connectivity index (χ3v) is 2.04. The third kappa shape index (κ3) is 3.28. The van der Waals surface area contributed by atoms with Crippen molar-refractivity contribution in [2.24, 2.45) is 5.73 Å². The normalized spacial score (nSPS) is 9.73. The highest BCUT2D eigenvalue weighted by atomic mass is 32.1. The summed E-state index contributed by atoms with van der Waals surface area (Å²) in [6.07, 6.45) is 0. The zero-order valence-electron chi connectivity index (χ0n) is 8.70. The second kappa shape index (κ2) is 4.84. The summed E-state index contributed by atoms with van der Waals surface area (Å²) in [7, 11) is 0. The second-order valence-corrected chi connectivity index (χ2v) is 3.76. The van der Waals surface area contributed by atoms with Crippen molar-refractivity contribution in [1.82, 2.24) is 10.3 Å². The SMILES string of the molecule is Cc1ccc(C(=O)NCC(N)=S)c(C)n1. The van der Waals surface area contributed by atoms with Crippen molar-refractivity contribution in [3.8, 4) is 0 Å². The zero-order chi connectivity index (χ0) is 11.4. The highest BCUT2D eigenvalue weighted by molar-refractivity contribution is 7.80. The lowest BCUT2D eigenvalue weighted by molar-refractivity contribution is 0.0958. The first-order valence-corrected chi connectivity index (χ1v) is 4.92. The molecule has 1 aromatic rings. The summed E-state index contributed by atoms with van der Waals surface area (Å²) in [6.45, 7) is 3.88. The van der Waals surface area contributed by atoms with Crippen molar-refractivity contribution in [3.63, 3.8) is 0 Å². The summed E-state index contributed by atoms with van der Waals surface area (Å²) in [4.78, 5) is 16.1. The number of aromatic nitrogens is 1. The van der Waals surface area contributed by atoms with Crippen LogP contribution in [0, 0.1) is 13.8 Å². The monoisotopic (exact) mass is 223 g/mol. The first-order valence-electron chi connectivity index (χ1n) is 4.51. The summed E-state index contributed by atoms with van der Waals surface area (Å²) in [5.74, 6) is -0.201. The first kappa shape index (κ1) is 11.6. The number of pyridine rings is 1. The van der Waals surface area contributed by atoms with Crippen LogP contribution in [0.1, 0.15) is 21.7 Å². The van der Waals surface area contributed by atoms with E-state index in [4.69, 9.17) is 5.73 Å². The molecule has 3 N–H and O–H groups in total. The summed E-state index contributed by atoms with van der Waals surface area (Å²) in [5, 5.41) is 2.61. The fraction of sp³-hybridized carbons (Fsp3) is 0.300. The van der Waals surface area contributed by atoms with E-state index >= 15 is 0 Å². The molecule has 0 bridgehead atoms. The molecule has 0 aromatic carbocycles. The zero-order valence-corrected chi connectivity index (χ0v) is 9.52. The molecular weight excluding hydrogens is 210 g/mol. The summed E-state index contributed by atoms with van der Waals surface area (Å²) in [5.41, 5.74) is 7.43. The van der Waals surface area contributed by atoms with Crippen LogP contribution in [-0.4, -0.2) is 22.4 Å². The topological polar surface area (TPSA) is 68.0 Å². The smallest absolute Gasteiger partial charge is 0.253 e.